The Morgan fingerprint density at radius 3 is 2.85 bits per heavy atom. The Balaban J connectivity index is 2.55. The first kappa shape index (κ1) is 16.2. The predicted octanol–water partition coefficient (Wildman–Crippen LogP) is 2.36. The minimum atomic E-state index is -0.451. The summed E-state index contributed by atoms with van der Waals surface area (Å²) in [5.74, 6) is 0.164. The summed E-state index contributed by atoms with van der Waals surface area (Å²) in [4.78, 5) is 11.8. The second kappa shape index (κ2) is 8.37. The zero-order valence-electron chi connectivity index (χ0n) is 11.8. The number of rotatable bonds is 7. The van der Waals surface area contributed by atoms with E-state index in [-0.39, 0.29) is 18.2 Å². The fraction of sp³-hybridized carbons (Fsp3) is 0.500. The lowest BCUT2D eigenvalue weighted by Gasteiger charge is -2.15. The molecule has 1 aromatic carbocycles. The molecule has 1 atom stereocenters. The lowest BCUT2D eigenvalue weighted by atomic mass is 10.0. The van der Waals surface area contributed by atoms with E-state index in [1.54, 1.807) is 0 Å². The molecule has 2 amide bonds. The van der Waals surface area contributed by atoms with Gasteiger partial charge in [0.25, 0.3) is 0 Å². The fourth-order valence-corrected chi connectivity index (χ4v) is 1.81. The zero-order valence-corrected chi connectivity index (χ0v) is 11.8. The number of aliphatic hydroxyl groups is 1. The first-order valence-electron chi connectivity index (χ1n) is 6.60. The van der Waals surface area contributed by atoms with Crippen LogP contribution >= 0.6 is 0 Å². The molecule has 20 heavy (non-hydrogen) atoms. The average molecular weight is 284 g/mol. The maximum Gasteiger partial charge on any atom is 0.319 e. The summed E-state index contributed by atoms with van der Waals surface area (Å²) in [6.45, 7) is 2.55. The Labute approximate surface area is 118 Å². The molecule has 3 N–H and O–H groups in total. The van der Waals surface area contributed by atoms with E-state index in [0.29, 0.717) is 18.7 Å². The number of hydrogen-bond donors (Lipinski definition) is 3. The number of aliphatic hydroxyl groups excluding tert-OH is 1. The third kappa shape index (κ3) is 5.05. The monoisotopic (exact) mass is 284 g/mol. The van der Waals surface area contributed by atoms with Crippen molar-refractivity contribution >= 4 is 11.7 Å². The third-order valence-corrected chi connectivity index (χ3v) is 3.08. The first-order valence-corrected chi connectivity index (χ1v) is 6.60. The van der Waals surface area contributed by atoms with E-state index >= 15 is 0 Å². The van der Waals surface area contributed by atoms with E-state index in [9.17, 15) is 9.18 Å². The number of nitrogens with one attached hydrogen (secondary N) is 2. The molecule has 0 fully saturated rings. The SMILES string of the molecule is CCC(CCO)CNC(=O)Nc1cc(F)ccc1OC. The number of methoxy groups -OCH3 is 1. The van der Waals surface area contributed by atoms with Crippen LogP contribution < -0.4 is 15.4 Å². The quantitative estimate of drug-likeness (QED) is 0.720. The summed E-state index contributed by atoms with van der Waals surface area (Å²) in [5.41, 5.74) is 0.278. The van der Waals surface area contributed by atoms with Crippen LogP contribution in [-0.2, 0) is 0 Å². The Morgan fingerprint density at radius 2 is 2.25 bits per heavy atom. The summed E-state index contributed by atoms with van der Waals surface area (Å²) in [7, 11) is 1.45. The molecule has 5 nitrogen and oxygen atoms in total. The van der Waals surface area contributed by atoms with Gasteiger partial charge in [0.2, 0.25) is 0 Å². The molecule has 0 aliphatic carbocycles. The lowest BCUT2D eigenvalue weighted by Crippen LogP contribution is -2.33. The summed E-state index contributed by atoms with van der Waals surface area (Å²) < 4.78 is 18.2. The van der Waals surface area contributed by atoms with Crippen molar-refractivity contribution in [3.05, 3.63) is 24.0 Å². The number of ether oxygens (including phenoxy) is 1. The molecule has 0 aliphatic heterocycles. The Kier molecular flexibility index (Phi) is 6.79. The first-order chi connectivity index (χ1) is 9.60. The summed E-state index contributed by atoms with van der Waals surface area (Å²) in [6.07, 6.45) is 1.50. The van der Waals surface area contributed by atoms with Crippen molar-refractivity contribution in [1.29, 1.82) is 0 Å². The van der Waals surface area contributed by atoms with Gasteiger partial charge in [-0.1, -0.05) is 13.3 Å². The van der Waals surface area contributed by atoms with Crippen molar-refractivity contribution in [1.82, 2.24) is 5.32 Å². The van der Waals surface area contributed by atoms with E-state index in [1.807, 2.05) is 6.92 Å². The molecule has 0 heterocycles. The summed E-state index contributed by atoms with van der Waals surface area (Å²) >= 11 is 0. The van der Waals surface area contributed by atoms with Crippen LogP contribution in [0.5, 0.6) is 5.75 Å². The highest BCUT2D eigenvalue weighted by Gasteiger charge is 2.11. The zero-order chi connectivity index (χ0) is 15.0. The van der Waals surface area contributed by atoms with Crippen LogP contribution in [0.25, 0.3) is 0 Å². The Hall–Kier alpha value is -1.82. The van der Waals surface area contributed by atoms with Gasteiger partial charge in [-0.3, -0.25) is 0 Å². The van der Waals surface area contributed by atoms with E-state index in [4.69, 9.17) is 9.84 Å². The summed E-state index contributed by atoms with van der Waals surface area (Å²) in [5, 5.41) is 14.1. The molecular weight excluding hydrogens is 263 g/mol. The molecule has 0 aliphatic rings. The van der Waals surface area contributed by atoms with Crippen molar-refractivity contribution in [3.63, 3.8) is 0 Å². The molecule has 0 radical (unpaired) electrons. The van der Waals surface area contributed by atoms with Crippen LogP contribution in [0.1, 0.15) is 19.8 Å². The lowest BCUT2D eigenvalue weighted by molar-refractivity contribution is 0.238. The van der Waals surface area contributed by atoms with Gasteiger partial charge >= 0.3 is 6.03 Å². The molecule has 1 rings (SSSR count). The number of anilines is 1. The number of amides is 2. The van der Waals surface area contributed by atoms with Crippen molar-refractivity contribution < 1.29 is 19.0 Å². The Morgan fingerprint density at radius 1 is 1.50 bits per heavy atom. The number of carbonyl (C=O) groups is 1. The maximum absolute atomic E-state index is 13.1. The highest BCUT2D eigenvalue weighted by molar-refractivity contribution is 5.90. The van der Waals surface area contributed by atoms with Gasteiger partial charge in [-0.05, 0) is 24.5 Å². The largest absolute Gasteiger partial charge is 0.495 e. The molecule has 0 bridgehead atoms. The van der Waals surface area contributed by atoms with E-state index < -0.39 is 11.8 Å². The molecule has 0 saturated carbocycles. The van der Waals surface area contributed by atoms with Crippen LogP contribution in [-0.4, -0.2) is 31.4 Å². The minimum Gasteiger partial charge on any atom is -0.495 e. The number of hydrogen-bond acceptors (Lipinski definition) is 3. The van der Waals surface area contributed by atoms with Crippen molar-refractivity contribution in [2.75, 3.05) is 25.6 Å². The number of halogens is 1. The fourth-order valence-electron chi connectivity index (χ4n) is 1.81. The van der Waals surface area contributed by atoms with Gasteiger partial charge in [0, 0.05) is 19.2 Å². The molecule has 6 heteroatoms. The van der Waals surface area contributed by atoms with Gasteiger partial charge < -0.3 is 20.5 Å². The molecule has 112 valence electrons. The van der Waals surface area contributed by atoms with Crippen LogP contribution in [0.4, 0.5) is 14.9 Å². The average Bonchev–Trinajstić information content (AvgIpc) is 2.43. The normalized spacial score (nSPS) is 11.8. The van der Waals surface area contributed by atoms with Crippen LogP contribution in [0.3, 0.4) is 0 Å². The highest BCUT2D eigenvalue weighted by atomic mass is 19.1. The van der Waals surface area contributed by atoms with Crippen molar-refractivity contribution in [2.45, 2.75) is 19.8 Å². The van der Waals surface area contributed by atoms with Gasteiger partial charge in [-0.15, -0.1) is 0 Å². The number of urea groups is 1. The van der Waals surface area contributed by atoms with Gasteiger partial charge in [-0.2, -0.15) is 0 Å². The van der Waals surface area contributed by atoms with Crippen LogP contribution in [0.2, 0.25) is 0 Å². The van der Waals surface area contributed by atoms with Gasteiger partial charge in [0.05, 0.1) is 12.8 Å². The Bertz CT molecular complexity index is 440. The molecule has 1 aromatic rings. The molecule has 0 spiro atoms. The number of benzene rings is 1. The van der Waals surface area contributed by atoms with E-state index in [0.717, 1.165) is 6.42 Å². The van der Waals surface area contributed by atoms with Crippen molar-refractivity contribution in [3.8, 4) is 5.75 Å². The maximum atomic E-state index is 13.1. The van der Waals surface area contributed by atoms with Crippen molar-refractivity contribution in [2.24, 2.45) is 5.92 Å². The molecule has 1 unspecified atom stereocenters. The molecule has 0 saturated heterocycles. The van der Waals surface area contributed by atoms with Gasteiger partial charge in [-0.25, -0.2) is 9.18 Å². The minimum absolute atomic E-state index is 0.0968. The van der Waals surface area contributed by atoms with Gasteiger partial charge in [0.15, 0.2) is 0 Å². The number of carbonyl (C=O) groups excluding carboxylic acids is 1. The molecular formula is C14H21FN2O3. The van der Waals surface area contributed by atoms with E-state index in [1.165, 1.54) is 25.3 Å². The van der Waals surface area contributed by atoms with Crippen LogP contribution in [0, 0.1) is 11.7 Å². The van der Waals surface area contributed by atoms with Crippen LogP contribution in [0.15, 0.2) is 18.2 Å². The molecule has 0 aromatic heterocycles. The highest BCUT2D eigenvalue weighted by Crippen LogP contribution is 2.24. The second-order valence-corrected chi connectivity index (χ2v) is 4.47. The third-order valence-electron chi connectivity index (χ3n) is 3.08. The van der Waals surface area contributed by atoms with E-state index in [2.05, 4.69) is 10.6 Å². The van der Waals surface area contributed by atoms with Gasteiger partial charge in [0.1, 0.15) is 11.6 Å². The standard InChI is InChI=1S/C14H21FN2O3/c1-3-10(6-7-18)9-16-14(19)17-12-8-11(15)4-5-13(12)20-2/h4-5,8,10,18H,3,6-7,9H2,1-2H3,(H2,16,17,19). The topological polar surface area (TPSA) is 70.6 Å². The summed E-state index contributed by atoms with van der Waals surface area (Å²) in [6, 6.07) is 3.48. The predicted molar refractivity (Wildman–Crippen MR) is 75.5 cm³/mol. The smallest absolute Gasteiger partial charge is 0.319 e. The second-order valence-electron chi connectivity index (χ2n) is 4.47.